The minimum Gasteiger partial charge on any atom is -0.480 e. The van der Waals surface area contributed by atoms with Crippen LogP contribution in [0.25, 0.3) is 0 Å². The van der Waals surface area contributed by atoms with Crippen LogP contribution in [0.1, 0.15) is 26.2 Å². The molecule has 0 heterocycles. The second-order valence-corrected chi connectivity index (χ2v) is 6.49. The Hall–Kier alpha value is -1.41. The Morgan fingerprint density at radius 1 is 1.47 bits per heavy atom. The van der Waals surface area contributed by atoms with Gasteiger partial charge in [0.25, 0.3) is 10.1 Å². The molecule has 3 atom stereocenters. The van der Waals surface area contributed by atoms with Gasteiger partial charge < -0.3 is 10.4 Å². The maximum atomic E-state index is 11.5. The van der Waals surface area contributed by atoms with Gasteiger partial charge in [-0.25, -0.2) is 0 Å². The number of carboxylic acids is 1. The van der Waals surface area contributed by atoms with Crippen molar-refractivity contribution in [2.75, 3.05) is 0 Å². The summed E-state index contributed by atoms with van der Waals surface area (Å²) in [6.07, 6.45) is 1.18. The average molecular weight is 291 g/mol. The number of carbonyl (C=O) groups excluding carboxylic acids is 1. The average Bonchev–Trinajstić information content (AvgIpc) is 2.26. The molecule has 8 heteroatoms. The van der Waals surface area contributed by atoms with Crippen LogP contribution in [0.2, 0.25) is 0 Å². The minimum absolute atomic E-state index is 0.0457. The summed E-state index contributed by atoms with van der Waals surface area (Å²) in [6.45, 7) is 5.05. The smallest absolute Gasteiger partial charge is 0.329 e. The SMILES string of the molecule is C=CC(=O)NC1CC(C)CCC1(C(=O)O)S(=O)(=O)O. The first-order valence-corrected chi connectivity index (χ1v) is 7.22. The van der Waals surface area contributed by atoms with Crippen molar-refractivity contribution in [1.29, 1.82) is 0 Å². The first-order valence-electron chi connectivity index (χ1n) is 5.78. The first-order chi connectivity index (χ1) is 8.65. The van der Waals surface area contributed by atoms with Crippen molar-refractivity contribution < 1.29 is 27.7 Å². The predicted octanol–water partition coefficient (Wildman–Crippen LogP) is 0.188. The molecule has 0 radical (unpaired) electrons. The summed E-state index contributed by atoms with van der Waals surface area (Å²) < 4.78 is 30.0. The second kappa shape index (κ2) is 5.30. The highest BCUT2D eigenvalue weighted by atomic mass is 32.2. The van der Waals surface area contributed by atoms with Crippen LogP contribution in [0, 0.1) is 5.92 Å². The van der Waals surface area contributed by atoms with Gasteiger partial charge in [-0.2, -0.15) is 8.42 Å². The molecule has 108 valence electrons. The van der Waals surface area contributed by atoms with E-state index in [0.717, 1.165) is 6.08 Å². The Kier molecular flexibility index (Phi) is 4.36. The predicted molar refractivity (Wildman–Crippen MR) is 67.1 cm³/mol. The van der Waals surface area contributed by atoms with E-state index in [-0.39, 0.29) is 18.8 Å². The molecular weight excluding hydrogens is 274 g/mol. The molecule has 3 unspecified atom stereocenters. The molecule has 3 N–H and O–H groups in total. The minimum atomic E-state index is -4.86. The van der Waals surface area contributed by atoms with E-state index in [9.17, 15) is 27.7 Å². The van der Waals surface area contributed by atoms with E-state index >= 15 is 0 Å². The van der Waals surface area contributed by atoms with Gasteiger partial charge in [-0.1, -0.05) is 13.5 Å². The van der Waals surface area contributed by atoms with Crippen LogP contribution in [-0.4, -0.2) is 40.7 Å². The van der Waals surface area contributed by atoms with Crippen LogP contribution in [0.3, 0.4) is 0 Å². The molecule has 0 aromatic carbocycles. The zero-order valence-corrected chi connectivity index (χ0v) is 11.3. The highest BCUT2D eigenvalue weighted by molar-refractivity contribution is 7.88. The molecule has 0 spiro atoms. The largest absolute Gasteiger partial charge is 0.480 e. The monoisotopic (exact) mass is 291 g/mol. The fourth-order valence-corrected chi connectivity index (χ4v) is 3.54. The van der Waals surface area contributed by atoms with Crippen LogP contribution < -0.4 is 5.32 Å². The fraction of sp³-hybridized carbons (Fsp3) is 0.636. The Morgan fingerprint density at radius 3 is 2.47 bits per heavy atom. The van der Waals surface area contributed by atoms with Crippen LogP contribution in [-0.2, 0) is 19.7 Å². The van der Waals surface area contributed by atoms with Gasteiger partial charge in [0.05, 0.1) is 6.04 Å². The molecule has 0 bridgehead atoms. The third-order valence-corrected chi connectivity index (χ3v) is 5.12. The number of rotatable bonds is 4. The fourth-order valence-electron chi connectivity index (χ4n) is 2.43. The molecule has 1 aliphatic carbocycles. The van der Waals surface area contributed by atoms with Gasteiger partial charge in [-0.15, -0.1) is 0 Å². The molecule has 0 aromatic heterocycles. The summed E-state index contributed by atoms with van der Waals surface area (Å²) >= 11 is 0. The number of carbonyl (C=O) groups is 2. The van der Waals surface area contributed by atoms with Crippen molar-refractivity contribution in [3.05, 3.63) is 12.7 Å². The lowest BCUT2D eigenvalue weighted by atomic mass is 9.78. The standard InChI is InChI=1S/C11H17NO6S/c1-3-9(13)12-8-6-7(2)4-5-11(8,10(14)15)19(16,17)18/h3,7-8H,1,4-6H2,2H3,(H,12,13)(H,14,15)(H,16,17,18). The third-order valence-electron chi connectivity index (χ3n) is 3.53. The zero-order chi connectivity index (χ0) is 14.8. The molecule has 0 aromatic rings. The van der Waals surface area contributed by atoms with Crippen molar-refractivity contribution in [3.8, 4) is 0 Å². The lowest BCUT2D eigenvalue weighted by Crippen LogP contribution is -2.63. The van der Waals surface area contributed by atoms with E-state index in [0.29, 0.717) is 6.42 Å². The number of nitrogens with one attached hydrogen (secondary N) is 1. The van der Waals surface area contributed by atoms with E-state index < -0.39 is 32.8 Å². The van der Waals surface area contributed by atoms with Gasteiger partial charge in [0.1, 0.15) is 0 Å². The maximum absolute atomic E-state index is 11.5. The third kappa shape index (κ3) is 2.79. The van der Waals surface area contributed by atoms with Crippen molar-refractivity contribution in [2.45, 2.75) is 37.0 Å². The molecule has 1 rings (SSSR count). The Morgan fingerprint density at radius 2 is 2.05 bits per heavy atom. The summed E-state index contributed by atoms with van der Waals surface area (Å²) in [5.74, 6) is -2.28. The van der Waals surface area contributed by atoms with Crippen molar-refractivity contribution >= 4 is 22.0 Å². The van der Waals surface area contributed by atoms with E-state index in [4.69, 9.17) is 0 Å². The van der Waals surface area contributed by atoms with Crippen molar-refractivity contribution in [3.63, 3.8) is 0 Å². The molecule has 1 saturated carbocycles. The van der Waals surface area contributed by atoms with E-state index in [1.54, 1.807) is 0 Å². The Bertz CT molecular complexity index is 499. The van der Waals surface area contributed by atoms with E-state index in [2.05, 4.69) is 11.9 Å². The van der Waals surface area contributed by atoms with Crippen molar-refractivity contribution in [2.24, 2.45) is 5.92 Å². The van der Waals surface area contributed by atoms with E-state index in [1.807, 2.05) is 6.92 Å². The Balaban J connectivity index is 3.27. The number of hydrogen-bond donors (Lipinski definition) is 3. The summed E-state index contributed by atoms with van der Waals surface area (Å²) in [5, 5.41) is 11.6. The molecule has 7 nitrogen and oxygen atoms in total. The highest BCUT2D eigenvalue weighted by Crippen LogP contribution is 2.38. The molecule has 1 fully saturated rings. The van der Waals surface area contributed by atoms with Gasteiger partial charge in [0, 0.05) is 0 Å². The summed E-state index contributed by atoms with van der Waals surface area (Å²) in [7, 11) is -4.86. The normalized spacial score (nSPS) is 31.5. The van der Waals surface area contributed by atoms with Gasteiger partial charge in [0.15, 0.2) is 0 Å². The molecule has 1 aliphatic rings. The van der Waals surface area contributed by atoms with Gasteiger partial charge in [0.2, 0.25) is 10.7 Å². The molecule has 1 amide bonds. The Labute approximate surface area is 111 Å². The van der Waals surface area contributed by atoms with E-state index in [1.165, 1.54) is 0 Å². The summed E-state index contributed by atoms with van der Waals surface area (Å²) in [4.78, 5) is 22.7. The van der Waals surface area contributed by atoms with Crippen LogP contribution in [0.15, 0.2) is 12.7 Å². The molecule has 0 saturated heterocycles. The highest BCUT2D eigenvalue weighted by Gasteiger charge is 2.58. The maximum Gasteiger partial charge on any atom is 0.329 e. The quantitative estimate of drug-likeness (QED) is 0.502. The molecule has 0 aliphatic heterocycles. The first kappa shape index (κ1) is 15.6. The van der Waals surface area contributed by atoms with Gasteiger partial charge in [-0.3, -0.25) is 14.1 Å². The number of amides is 1. The number of aliphatic carboxylic acids is 1. The van der Waals surface area contributed by atoms with Crippen LogP contribution >= 0.6 is 0 Å². The lowest BCUT2D eigenvalue weighted by molar-refractivity contribution is -0.142. The molecule has 19 heavy (non-hydrogen) atoms. The number of hydrogen-bond acceptors (Lipinski definition) is 4. The van der Waals surface area contributed by atoms with Crippen molar-refractivity contribution in [1.82, 2.24) is 5.32 Å². The summed E-state index contributed by atoms with van der Waals surface area (Å²) in [5.41, 5.74) is 0. The van der Waals surface area contributed by atoms with Gasteiger partial charge in [-0.05, 0) is 31.3 Å². The molecular formula is C11H17NO6S. The van der Waals surface area contributed by atoms with Crippen LogP contribution in [0.5, 0.6) is 0 Å². The zero-order valence-electron chi connectivity index (χ0n) is 10.5. The summed E-state index contributed by atoms with van der Waals surface area (Å²) in [6, 6.07) is -1.19. The number of carboxylic acid groups (broad SMARTS) is 1. The van der Waals surface area contributed by atoms with Gasteiger partial charge >= 0.3 is 5.97 Å². The van der Waals surface area contributed by atoms with Crippen LogP contribution in [0.4, 0.5) is 0 Å². The second-order valence-electron chi connectivity index (χ2n) is 4.81. The lowest BCUT2D eigenvalue weighted by Gasteiger charge is -2.40. The topological polar surface area (TPSA) is 121 Å².